The highest BCUT2D eigenvalue weighted by Crippen LogP contribution is 2.32. The van der Waals surface area contributed by atoms with Crippen LogP contribution < -0.4 is 0 Å². The molecule has 1 aromatic rings. The number of ether oxygens (including phenoxy) is 1. The van der Waals surface area contributed by atoms with Crippen LogP contribution in [0.1, 0.15) is 31.4 Å². The van der Waals surface area contributed by atoms with Crippen LogP contribution in [0.15, 0.2) is 30.0 Å². The van der Waals surface area contributed by atoms with Crippen molar-refractivity contribution in [3.63, 3.8) is 0 Å². The van der Waals surface area contributed by atoms with Crippen molar-refractivity contribution in [1.82, 2.24) is 14.7 Å². The average molecular weight is 416 g/mol. The fraction of sp³-hybridized carbons (Fsp3) is 0.565. The zero-order valence-corrected chi connectivity index (χ0v) is 18.3. The lowest BCUT2D eigenvalue weighted by Crippen LogP contribution is -2.48. The van der Waals surface area contributed by atoms with E-state index in [4.69, 9.17) is 4.74 Å². The smallest absolute Gasteiger partial charge is 0.277 e. The number of imide groups is 1. The van der Waals surface area contributed by atoms with Gasteiger partial charge in [-0.3, -0.25) is 19.4 Å². The topological polar surface area (TPSA) is 73.3 Å². The Morgan fingerprint density at radius 1 is 1.00 bits per heavy atom. The summed E-state index contributed by atoms with van der Waals surface area (Å²) in [7, 11) is 0. The summed E-state index contributed by atoms with van der Waals surface area (Å²) in [5.74, 6) is -0.433. The Hall–Kier alpha value is -2.22. The van der Waals surface area contributed by atoms with Gasteiger partial charge in [-0.2, -0.15) is 0 Å². The van der Waals surface area contributed by atoms with E-state index in [0.29, 0.717) is 50.5 Å². The van der Waals surface area contributed by atoms with Gasteiger partial charge in [-0.05, 0) is 32.8 Å². The van der Waals surface area contributed by atoms with Crippen LogP contribution in [0.3, 0.4) is 0 Å². The van der Waals surface area contributed by atoms with Crippen molar-refractivity contribution in [3.8, 4) is 0 Å². The Morgan fingerprint density at radius 2 is 1.67 bits per heavy atom. The normalized spacial score (nSPS) is 18.3. The summed E-state index contributed by atoms with van der Waals surface area (Å²) in [4.78, 5) is 32.2. The second-order valence-electron chi connectivity index (χ2n) is 8.18. The number of benzene rings is 1. The number of aliphatic hydroxyl groups excluding tert-OH is 1. The van der Waals surface area contributed by atoms with Gasteiger partial charge in [0.1, 0.15) is 5.70 Å². The number of hydrogen-bond acceptors (Lipinski definition) is 6. The van der Waals surface area contributed by atoms with E-state index in [1.807, 2.05) is 49.9 Å². The van der Waals surface area contributed by atoms with Crippen LogP contribution in [0.25, 0.3) is 5.57 Å². The number of carbonyl (C=O) groups is 2. The maximum absolute atomic E-state index is 13.3. The second-order valence-corrected chi connectivity index (χ2v) is 8.18. The van der Waals surface area contributed by atoms with Gasteiger partial charge in [0.15, 0.2) is 0 Å². The first-order chi connectivity index (χ1) is 14.4. The molecule has 30 heavy (non-hydrogen) atoms. The predicted octanol–water partition coefficient (Wildman–Crippen LogP) is 1.50. The first kappa shape index (κ1) is 22.5. The minimum Gasteiger partial charge on any atom is -0.395 e. The van der Waals surface area contributed by atoms with Crippen molar-refractivity contribution in [2.45, 2.75) is 33.3 Å². The van der Waals surface area contributed by atoms with Gasteiger partial charge in [0.25, 0.3) is 11.8 Å². The number of aliphatic hydroxyl groups is 1. The monoisotopic (exact) mass is 415 g/mol. The van der Waals surface area contributed by atoms with Crippen molar-refractivity contribution < 1.29 is 19.4 Å². The number of hydrogen-bond donors (Lipinski definition) is 1. The lowest BCUT2D eigenvalue weighted by atomic mass is 10.0. The minimum atomic E-state index is -0.221. The standard InChI is InChI=1S/C23H33N3O4/c1-17(2)30-16-4-9-26-22(28)20(19-7-5-18(3)6-8-19)21(23(26)29)25-12-10-24(11-13-25)14-15-27/h5-8,17,27H,4,9-16H2,1-3H3. The lowest BCUT2D eigenvalue weighted by molar-refractivity contribution is -0.137. The molecule has 7 heteroatoms. The van der Waals surface area contributed by atoms with Crippen molar-refractivity contribution in [2.75, 3.05) is 52.5 Å². The van der Waals surface area contributed by atoms with Gasteiger partial charge < -0.3 is 14.7 Å². The van der Waals surface area contributed by atoms with Crippen molar-refractivity contribution in [2.24, 2.45) is 0 Å². The predicted molar refractivity (Wildman–Crippen MR) is 116 cm³/mol. The minimum absolute atomic E-state index is 0.126. The third kappa shape index (κ3) is 5.09. The largest absolute Gasteiger partial charge is 0.395 e. The van der Waals surface area contributed by atoms with Crippen LogP contribution in [0.4, 0.5) is 0 Å². The van der Waals surface area contributed by atoms with Gasteiger partial charge in [-0.1, -0.05) is 29.8 Å². The summed E-state index contributed by atoms with van der Waals surface area (Å²) in [6.45, 7) is 10.4. The Bertz CT molecular complexity index is 780. The zero-order valence-electron chi connectivity index (χ0n) is 18.3. The SMILES string of the molecule is Cc1ccc(C2=C(N3CCN(CCO)CC3)C(=O)N(CCCOC(C)C)C2=O)cc1. The van der Waals surface area contributed by atoms with Gasteiger partial charge in [0, 0.05) is 45.9 Å². The molecule has 7 nitrogen and oxygen atoms in total. The van der Waals surface area contributed by atoms with Crippen LogP contribution in [-0.4, -0.2) is 90.2 Å². The highest BCUT2D eigenvalue weighted by molar-refractivity contribution is 6.35. The highest BCUT2D eigenvalue weighted by atomic mass is 16.5. The molecule has 0 aromatic heterocycles. The summed E-state index contributed by atoms with van der Waals surface area (Å²) in [5.41, 5.74) is 2.91. The number of β-amino-alcohol motifs (C(OH)–C–C–N with tert-alkyl or cyclic N) is 1. The molecular formula is C23H33N3O4. The van der Waals surface area contributed by atoms with Gasteiger partial charge in [-0.25, -0.2) is 0 Å². The molecule has 0 saturated carbocycles. The first-order valence-corrected chi connectivity index (χ1v) is 10.8. The van der Waals surface area contributed by atoms with E-state index < -0.39 is 0 Å². The van der Waals surface area contributed by atoms with E-state index in [-0.39, 0.29) is 24.5 Å². The number of nitrogens with zero attached hydrogens (tertiary/aromatic N) is 3. The molecule has 2 heterocycles. The molecule has 0 aliphatic carbocycles. The van der Waals surface area contributed by atoms with Gasteiger partial charge in [0.05, 0.1) is 18.3 Å². The quantitative estimate of drug-likeness (QED) is 0.487. The molecule has 164 valence electrons. The number of rotatable bonds is 9. The van der Waals surface area contributed by atoms with Crippen LogP contribution >= 0.6 is 0 Å². The maximum atomic E-state index is 13.3. The summed E-state index contributed by atoms with van der Waals surface area (Å²) >= 11 is 0. The van der Waals surface area contributed by atoms with E-state index in [1.165, 1.54) is 4.90 Å². The Labute approximate surface area is 178 Å². The van der Waals surface area contributed by atoms with Gasteiger partial charge >= 0.3 is 0 Å². The molecule has 0 atom stereocenters. The molecule has 1 aromatic carbocycles. The fourth-order valence-corrected chi connectivity index (χ4v) is 3.92. The second kappa shape index (κ2) is 10.2. The first-order valence-electron chi connectivity index (χ1n) is 10.8. The molecule has 3 rings (SSSR count). The van der Waals surface area contributed by atoms with E-state index in [1.54, 1.807) is 0 Å². The number of carbonyl (C=O) groups excluding carboxylic acids is 2. The molecule has 1 saturated heterocycles. The van der Waals surface area contributed by atoms with Crippen LogP contribution in [-0.2, 0) is 14.3 Å². The number of piperazine rings is 1. The summed E-state index contributed by atoms with van der Waals surface area (Å²) in [5, 5.41) is 9.18. The summed E-state index contributed by atoms with van der Waals surface area (Å²) in [6.07, 6.45) is 0.746. The van der Waals surface area contributed by atoms with Crippen molar-refractivity contribution in [1.29, 1.82) is 0 Å². The maximum Gasteiger partial charge on any atom is 0.277 e. The molecule has 2 amide bonds. The molecule has 2 aliphatic rings. The van der Waals surface area contributed by atoms with Gasteiger partial charge in [-0.15, -0.1) is 0 Å². The van der Waals surface area contributed by atoms with Crippen molar-refractivity contribution >= 4 is 17.4 Å². The van der Waals surface area contributed by atoms with Gasteiger partial charge in [0.2, 0.25) is 0 Å². The van der Waals surface area contributed by atoms with E-state index in [0.717, 1.165) is 24.2 Å². The Balaban J connectivity index is 1.82. The Kier molecular flexibility index (Phi) is 7.64. The highest BCUT2D eigenvalue weighted by Gasteiger charge is 2.41. The molecule has 1 fully saturated rings. The summed E-state index contributed by atoms with van der Waals surface area (Å²) < 4.78 is 5.58. The number of aryl methyl sites for hydroxylation is 1. The molecule has 0 spiro atoms. The lowest BCUT2D eigenvalue weighted by Gasteiger charge is -2.36. The molecule has 1 N–H and O–H groups in total. The van der Waals surface area contributed by atoms with E-state index in [9.17, 15) is 14.7 Å². The average Bonchev–Trinajstić information content (AvgIpc) is 2.97. The fourth-order valence-electron chi connectivity index (χ4n) is 3.92. The molecule has 0 radical (unpaired) electrons. The van der Waals surface area contributed by atoms with E-state index in [2.05, 4.69) is 4.90 Å². The molecule has 0 bridgehead atoms. The number of amides is 2. The van der Waals surface area contributed by atoms with Crippen molar-refractivity contribution in [3.05, 3.63) is 41.1 Å². The van der Waals surface area contributed by atoms with Crippen LogP contribution in [0.2, 0.25) is 0 Å². The third-order valence-electron chi connectivity index (χ3n) is 5.57. The summed E-state index contributed by atoms with van der Waals surface area (Å²) in [6, 6.07) is 7.78. The van der Waals surface area contributed by atoms with Crippen LogP contribution in [0, 0.1) is 6.92 Å². The third-order valence-corrected chi connectivity index (χ3v) is 5.57. The van der Waals surface area contributed by atoms with E-state index >= 15 is 0 Å². The van der Waals surface area contributed by atoms with Crippen LogP contribution in [0.5, 0.6) is 0 Å². The molecule has 0 unspecified atom stereocenters. The zero-order chi connectivity index (χ0) is 21.7. The molecular weight excluding hydrogens is 382 g/mol. The Morgan fingerprint density at radius 3 is 2.27 bits per heavy atom. The molecule has 2 aliphatic heterocycles.